The minimum absolute atomic E-state index is 0.449. The summed E-state index contributed by atoms with van der Waals surface area (Å²) in [6.07, 6.45) is 0.896. The predicted molar refractivity (Wildman–Crippen MR) is 53.6 cm³/mol. The van der Waals surface area contributed by atoms with E-state index in [0.29, 0.717) is 5.75 Å². The molecule has 0 saturated carbocycles. The molecular weight excluding hydrogens is 148 g/mol. The van der Waals surface area contributed by atoms with Crippen molar-refractivity contribution in [3.05, 3.63) is 29.3 Å². The van der Waals surface area contributed by atoms with Gasteiger partial charge in [-0.25, -0.2) is 0 Å². The fourth-order valence-electron chi connectivity index (χ4n) is 1.01. The molecule has 0 bridgehead atoms. The second kappa shape index (κ2) is 5.64. The number of phenolic OH excluding ortho intramolecular Hbond substituents is 1. The molecule has 0 aliphatic rings. The topological polar surface area (TPSA) is 20.2 Å². The number of hydrogen-bond donors (Lipinski definition) is 1. The Morgan fingerprint density at radius 2 is 1.83 bits per heavy atom. The monoisotopic (exact) mass is 166 g/mol. The number of para-hydroxylation sites is 1. The molecule has 0 radical (unpaired) electrons. The highest BCUT2D eigenvalue weighted by atomic mass is 16.3. The zero-order valence-electron chi connectivity index (χ0n) is 8.39. The molecule has 12 heavy (non-hydrogen) atoms. The van der Waals surface area contributed by atoms with Gasteiger partial charge in [0.25, 0.3) is 0 Å². The zero-order valence-corrected chi connectivity index (χ0v) is 8.39. The van der Waals surface area contributed by atoms with Crippen molar-refractivity contribution >= 4 is 0 Å². The highest BCUT2D eigenvalue weighted by molar-refractivity contribution is 5.39. The molecule has 0 unspecified atom stereocenters. The first-order valence-electron chi connectivity index (χ1n) is 4.53. The van der Waals surface area contributed by atoms with E-state index < -0.39 is 0 Å². The normalized spacial score (nSPS) is 8.67. The Morgan fingerprint density at radius 3 is 2.25 bits per heavy atom. The van der Waals surface area contributed by atoms with Crippen LogP contribution in [0.5, 0.6) is 5.75 Å². The molecule has 1 aromatic carbocycles. The van der Waals surface area contributed by atoms with Crippen molar-refractivity contribution in [2.75, 3.05) is 0 Å². The second-order valence-electron chi connectivity index (χ2n) is 2.44. The van der Waals surface area contributed by atoms with Crippen molar-refractivity contribution in [3.63, 3.8) is 0 Å². The third-order valence-electron chi connectivity index (χ3n) is 1.70. The summed E-state index contributed by atoms with van der Waals surface area (Å²) in [5, 5.41) is 9.40. The van der Waals surface area contributed by atoms with Gasteiger partial charge in [-0.1, -0.05) is 39.0 Å². The van der Waals surface area contributed by atoms with Gasteiger partial charge in [0.2, 0.25) is 0 Å². The van der Waals surface area contributed by atoms with Gasteiger partial charge in [0.1, 0.15) is 5.75 Å². The van der Waals surface area contributed by atoms with Crippen LogP contribution in [0.1, 0.15) is 31.9 Å². The summed E-state index contributed by atoms with van der Waals surface area (Å²) in [4.78, 5) is 0. The standard InChI is InChI=1S/C9H12O.C2H6/c1-3-8-6-4-5-7(2)9(8)10;1-2/h4-6,10H,3H2,1-2H3;1-2H3. The number of hydrogen-bond acceptors (Lipinski definition) is 1. The van der Waals surface area contributed by atoms with E-state index in [0.717, 1.165) is 17.5 Å². The molecule has 0 fully saturated rings. The number of aryl methyl sites for hydroxylation is 2. The van der Waals surface area contributed by atoms with Crippen LogP contribution in [0.3, 0.4) is 0 Å². The number of rotatable bonds is 1. The minimum atomic E-state index is 0.449. The molecule has 0 atom stereocenters. The van der Waals surface area contributed by atoms with Gasteiger partial charge in [-0.05, 0) is 24.5 Å². The average molecular weight is 166 g/mol. The van der Waals surface area contributed by atoms with E-state index in [1.807, 2.05) is 45.9 Å². The molecular formula is C11H18O. The van der Waals surface area contributed by atoms with Gasteiger partial charge in [0, 0.05) is 0 Å². The molecule has 1 N–H and O–H groups in total. The Balaban J connectivity index is 0.000000561. The van der Waals surface area contributed by atoms with Gasteiger partial charge in [0.05, 0.1) is 0 Å². The molecule has 68 valence electrons. The number of phenols is 1. The Bertz CT molecular complexity index is 228. The SMILES string of the molecule is CC.CCc1cccc(C)c1O. The summed E-state index contributed by atoms with van der Waals surface area (Å²) in [5.74, 6) is 0.449. The first kappa shape index (κ1) is 11.0. The molecule has 1 rings (SSSR count). The van der Waals surface area contributed by atoms with Crippen LogP contribution in [0.4, 0.5) is 0 Å². The lowest BCUT2D eigenvalue weighted by Gasteiger charge is -2.02. The highest BCUT2D eigenvalue weighted by Crippen LogP contribution is 2.21. The van der Waals surface area contributed by atoms with E-state index in [1.54, 1.807) is 0 Å². The van der Waals surface area contributed by atoms with Crippen molar-refractivity contribution in [1.82, 2.24) is 0 Å². The molecule has 1 nitrogen and oxygen atoms in total. The maximum Gasteiger partial charge on any atom is 0.121 e. The van der Waals surface area contributed by atoms with E-state index in [4.69, 9.17) is 0 Å². The van der Waals surface area contributed by atoms with Crippen LogP contribution in [-0.2, 0) is 6.42 Å². The van der Waals surface area contributed by atoms with Gasteiger partial charge >= 0.3 is 0 Å². The molecule has 0 saturated heterocycles. The van der Waals surface area contributed by atoms with Gasteiger partial charge in [-0.2, -0.15) is 0 Å². The maximum absolute atomic E-state index is 9.40. The minimum Gasteiger partial charge on any atom is -0.507 e. The summed E-state index contributed by atoms with van der Waals surface area (Å²) in [6, 6.07) is 5.82. The number of aromatic hydroxyl groups is 1. The van der Waals surface area contributed by atoms with Crippen LogP contribution < -0.4 is 0 Å². The lowest BCUT2D eigenvalue weighted by atomic mass is 10.1. The van der Waals surface area contributed by atoms with E-state index in [2.05, 4.69) is 0 Å². The fourth-order valence-corrected chi connectivity index (χ4v) is 1.01. The molecule has 0 aliphatic heterocycles. The Morgan fingerprint density at radius 1 is 1.25 bits per heavy atom. The predicted octanol–water partition coefficient (Wildman–Crippen LogP) is 3.29. The summed E-state index contributed by atoms with van der Waals surface area (Å²) in [5.41, 5.74) is 1.99. The zero-order chi connectivity index (χ0) is 9.56. The molecule has 0 aromatic heterocycles. The third kappa shape index (κ3) is 2.57. The van der Waals surface area contributed by atoms with E-state index in [-0.39, 0.29) is 0 Å². The van der Waals surface area contributed by atoms with Crippen LogP contribution in [0, 0.1) is 6.92 Å². The smallest absolute Gasteiger partial charge is 0.121 e. The molecule has 1 aromatic rings. The molecule has 0 spiro atoms. The first-order valence-corrected chi connectivity index (χ1v) is 4.53. The van der Waals surface area contributed by atoms with Crippen LogP contribution in [-0.4, -0.2) is 5.11 Å². The summed E-state index contributed by atoms with van der Waals surface area (Å²) in [7, 11) is 0. The lowest BCUT2D eigenvalue weighted by molar-refractivity contribution is 0.464. The largest absolute Gasteiger partial charge is 0.507 e. The van der Waals surface area contributed by atoms with Crippen molar-refractivity contribution in [2.24, 2.45) is 0 Å². The van der Waals surface area contributed by atoms with Crippen LogP contribution >= 0.6 is 0 Å². The maximum atomic E-state index is 9.40. The van der Waals surface area contributed by atoms with Gasteiger partial charge in [-0.15, -0.1) is 0 Å². The second-order valence-corrected chi connectivity index (χ2v) is 2.44. The molecule has 1 heteroatoms. The van der Waals surface area contributed by atoms with E-state index in [9.17, 15) is 5.11 Å². The molecule has 0 heterocycles. The van der Waals surface area contributed by atoms with Gasteiger partial charge in [-0.3, -0.25) is 0 Å². The molecule has 0 aliphatic carbocycles. The van der Waals surface area contributed by atoms with Gasteiger partial charge < -0.3 is 5.11 Å². The fraction of sp³-hybridized carbons (Fsp3) is 0.455. The molecule has 0 amide bonds. The summed E-state index contributed by atoms with van der Waals surface area (Å²) >= 11 is 0. The summed E-state index contributed by atoms with van der Waals surface area (Å²) < 4.78 is 0. The lowest BCUT2D eigenvalue weighted by Crippen LogP contribution is -1.82. The van der Waals surface area contributed by atoms with Crippen molar-refractivity contribution < 1.29 is 5.11 Å². The first-order chi connectivity index (χ1) is 5.75. The average Bonchev–Trinajstić information content (AvgIpc) is 2.13. The quantitative estimate of drug-likeness (QED) is 0.678. The van der Waals surface area contributed by atoms with Crippen molar-refractivity contribution in [3.8, 4) is 5.75 Å². The third-order valence-corrected chi connectivity index (χ3v) is 1.70. The number of benzene rings is 1. The Kier molecular flexibility index (Phi) is 5.18. The van der Waals surface area contributed by atoms with Crippen LogP contribution in [0.25, 0.3) is 0 Å². The summed E-state index contributed by atoms with van der Waals surface area (Å²) in [6.45, 7) is 7.95. The van der Waals surface area contributed by atoms with Crippen LogP contribution in [0.2, 0.25) is 0 Å². The van der Waals surface area contributed by atoms with Crippen molar-refractivity contribution in [2.45, 2.75) is 34.1 Å². The van der Waals surface area contributed by atoms with Crippen molar-refractivity contribution in [1.29, 1.82) is 0 Å². The highest BCUT2D eigenvalue weighted by Gasteiger charge is 1.98. The van der Waals surface area contributed by atoms with E-state index >= 15 is 0 Å². The van der Waals surface area contributed by atoms with Crippen LogP contribution in [0.15, 0.2) is 18.2 Å². The van der Waals surface area contributed by atoms with Gasteiger partial charge in [0.15, 0.2) is 0 Å². The Labute approximate surface area is 75.1 Å². The van der Waals surface area contributed by atoms with E-state index in [1.165, 1.54) is 0 Å². The Hall–Kier alpha value is -0.980.